The highest BCUT2D eigenvalue weighted by Gasteiger charge is 2.05. The zero-order valence-corrected chi connectivity index (χ0v) is 17.6. The second kappa shape index (κ2) is 32.2. The van der Waals surface area contributed by atoms with E-state index in [0.717, 1.165) is 0 Å². The van der Waals surface area contributed by atoms with Crippen molar-refractivity contribution >= 4 is 0 Å². The molecular formula is C22H46. The van der Waals surface area contributed by atoms with Crippen LogP contribution in [0.3, 0.4) is 0 Å². The Kier molecular flexibility index (Phi) is 42.9. The third kappa shape index (κ3) is 21.5. The van der Waals surface area contributed by atoms with E-state index in [1.807, 2.05) is 41.5 Å². The molecule has 1 aliphatic rings. The van der Waals surface area contributed by atoms with Gasteiger partial charge in [0.25, 0.3) is 0 Å². The molecule has 0 nitrogen and oxygen atoms in total. The van der Waals surface area contributed by atoms with Gasteiger partial charge in [-0.25, -0.2) is 0 Å². The first kappa shape index (κ1) is 29.3. The molecule has 1 aromatic carbocycles. The number of rotatable bonds is 0. The molecule has 0 aliphatic heterocycles. The lowest BCUT2D eigenvalue weighted by Gasteiger charge is -2.13. The highest BCUT2D eigenvalue weighted by molar-refractivity contribution is 5.28. The highest BCUT2D eigenvalue weighted by Crippen LogP contribution is 2.19. The molecule has 0 amide bonds. The Morgan fingerprint density at radius 3 is 1.05 bits per heavy atom. The van der Waals surface area contributed by atoms with Gasteiger partial charge in [0.05, 0.1) is 0 Å². The first-order chi connectivity index (χ1) is 10.8. The van der Waals surface area contributed by atoms with E-state index in [-0.39, 0.29) is 0 Å². The van der Waals surface area contributed by atoms with Crippen molar-refractivity contribution < 1.29 is 0 Å². The van der Waals surface area contributed by atoms with Crippen LogP contribution in [0.25, 0.3) is 0 Å². The Morgan fingerprint density at radius 2 is 0.818 bits per heavy atom. The minimum atomic E-state index is 1.25. The molecule has 2 rings (SSSR count). The van der Waals surface area contributed by atoms with Gasteiger partial charge in [0, 0.05) is 0 Å². The summed E-state index contributed by atoms with van der Waals surface area (Å²) in [6, 6.07) is 8.80. The minimum Gasteiger partial charge on any atom is -0.0683 e. The van der Waals surface area contributed by atoms with E-state index in [1.165, 1.54) is 38.5 Å². The number of aryl methyl sites for hydroxylation is 2. The summed E-state index contributed by atoms with van der Waals surface area (Å²) < 4.78 is 0. The van der Waals surface area contributed by atoms with Crippen LogP contribution in [0.4, 0.5) is 0 Å². The summed E-state index contributed by atoms with van der Waals surface area (Å²) in [6.07, 6.45) is 7.88. The largest absolute Gasteiger partial charge is 0.0683 e. The molecule has 0 saturated carbocycles. The zero-order valence-electron chi connectivity index (χ0n) is 17.6. The standard InChI is InChI=1S/C10H12.2C3H8.3C2H6/c1-2-6-10-8-4-3-7-9(10)5-1;2*1-3-2;3*1-2/h1-2,5-6H,3-4,7-8H2;2*3H2,1-2H3;3*1-2H3. The Labute approximate surface area is 143 Å². The lowest BCUT2D eigenvalue weighted by Crippen LogP contribution is -2.00. The van der Waals surface area contributed by atoms with Crippen LogP contribution in [0.5, 0.6) is 0 Å². The molecule has 0 fully saturated rings. The summed E-state index contributed by atoms with van der Waals surface area (Å²) in [5, 5.41) is 0. The van der Waals surface area contributed by atoms with Crippen molar-refractivity contribution in [2.24, 2.45) is 0 Å². The molecule has 1 aromatic rings. The molecule has 0 spiro atoms. The minimum absolute atomic E-state index is 1.25. The summed E-state index contributed by atoms with van der Waals surface area (Å²) in [5.74, 6) is 0. The summed E-state index contributed by atoms with van der Waals surface area (Å²) >= 11 is 0. The molecule has 22 heavy (non-hydrogen) atoms. The number of benzene rings is 1. The van der Waals surface area contributed by atoms with Crippen molar-refractivity contribution in [3.8, 4) is 0 Å². The van der Waals surface area contributed by atoms with E-state index in [0.29, 0.717) is 0 Å². The molecule has 0 atom stereocenters. The topological polar surface area (TPSA) is 0 Å². The fraction of sp³-hybridized carbons (Fsp3) is 0.727. The second-order valence-corrected chi connectivity index (χ2v) is 4.39. The molecule has 0 N–H and O–H groups in total. The lowest BCUT2D eigenvalue weighted by molar-refractivity contribution is 0.685. The van der Waals surface area contributed by atoms with Gasteiger partial charge >= 0.3 is 0 Å². The number of hydrogen-bond donors (Lipinski definition) is 0. The normalized spacial score (nSPS) is 9.91. The van der Waals surface area contributed by atoms with Crippen LogP contribution in [0.15, 0.2) is 24.3 Å². The number of fused-ring (bicyclic) bond motifs is 1. The summed E-state index contributed by atoms with van der Waals surface area (Å²) in [4.78, 5) is 0. The van der Waals surface area contributed by atoms with Gasteiger partial charge in [-0.05, 0) is 36.8 Å². The summed E-state index contributed by atoms with van der Waals surface area (Å²) in [6.45, 7) is 20.5. The van der Waals surface area contributed by atoms with Gasteiger partial charge in [-0.3, -0.25) is 0 Å². The Morgan fingerprint density at radius 1 is 0.591 bits per heavy atom. The van der Waals surface area contributed by atoms with Crippen LogP contribution in [-0.2, 0) is 12.8 Å². The Bertz CT molecular complexity index is 223. The first-order valence-corrected chi connectivity index (χ1v) is 9.86. The predicted octanol–water partition coefficient (Wildman–Crippen LogP) is 8.48. The monoisotopic (exact) mass is 310 g/mol. The van der Waals surface area contributed by atoms with Gasteiger partial charge in [0.1, 0.15) is 0 Å². The Hall–Kier alpha value is -0.780. The van der Waals surface area contributed by atoms with Crippen molar-refractivity contribution in [1.29, 1.82) is 0 Å². The van der Waals surface area contributed by atoms with Gasteiger partial charge in [-0.2, -0.15) is 0 Å². The maximum absolute atomic E-state index is 2.26. The van der Waals surface area contributed by atoms with Crippen molar-refractivity contribution in [2.45, 2.75) is 108 Å². The molecule has 0 heteroatoms. The quantitative estimate of drug-likeness (QED) is 0.450. The number of hydrogen-bond acceptors (Lipinski definition) is 0. The predicted molar refractivity (Wildman–Crippen MR) is 109 cm³/mol. The van der Waals surface area contributed by atoms with E-state index in [1.54, 1.807) is 11.1 Å². The van der Waals surface area contributed by atoms with Gasteiger partial charge in [-0.15, -0.1) is 0 Å². The van der Waals surface area contributed by atoms with Gasteiger partial charge in [0.15, 0.2) is 0 Å². The van der Waals surface area contributed by atoms with Gasteiger partial charge in [-0.1, -0.05) is 106 Å². The lowest BCUT2D eigenvalue weighted by atomic mass is 9.92. The van der Waals surface area contributed by atoms with Crippen molar-refractivity contribution in [3.05, 3.63) is 35.4 Å². The van der Waals surface area contributed by atoms with E-state index >= 15 is 0 Å². The van der Waals surface area contributed by atoms with E-state index in [9.17, 15) is 0 Å². The molecule has 134 valence electrons. The zero-order chi connectivity index (χ0) is 18.2. The molecule has 0 heterocycles. The molecule has 0 bridgehead atoms. The molecule has 0 radical (unpaired) electrons. The fourth-order valence-electron chi connectivity index (χ4n) is 1.68. The van der Waals surface area contributed by atoms with E-state index in [2.05, 4.69) is 52.0 Å². The molecule has 0 saturated heterocycles. The van der Waals surface area contributed by atoms with E-state index in [4.69, 9.17) is 0 Å². The van der Waals surface area contributed by atoms with Crippen LogP contribution in [0.2, 0.25) is 0 Å². The molecular weight excluding hydrogens is 264 g/mol. The molecule has 0 unspecified atom stereocenters. The molecule has 0 aromatic heterocycles. The maximum atomic E-state index is 2.26. The van der Waals surface area contributed by atoms with Crippen molar-refractivity contribution in [1.82, 2.24) is 0 Å². The smallest absolute Gasteiger partial charge is 0.0276 e. The SMILES string of the molecule is CC.CC.CC.CCC.CCC.c1ccc2c(c1)CCCC2. The van der Waals surface area contributed by atoms with Crippen molar-refractivity contribution in [3.63, 3.8) is 0 Å². The van der Waals surface area contributed by atoms with Gasteiger partial charge < -0.3 is 0 Å². The van der Waals surface area contributed by atoms with Crippen molar-refractivity contribution in [2.75, 3.05) is 0 Å². The third-order valence-corrected chi connectivity index (χ3v) is 2.26. The first-order valence-electron chi connectivity index (χ1n) is 9.86. The third-order valence-electron chi connectivity index (χ3n) is 2.26. The average Bonchev–Trinajstić information content (AvgIpc) is 2.62. The van der Waals surface area contributed by atoms with Crippen LogP contribution in [0.1, 0.15) is 106 Å². The average molecular weight is 311 g/mol. The van der Waals surface area contributed by atoms with E-state index < -0.39 is 0 Å². The van der Waals surface area contributed by atoms with Crippen LogP contribution < -0.4 is 0 Å². The maximum Gasteiger partial charge on any atom is -0.0276 e. The Balaban J connectivity index is -0.000000115. The van der Waals surface area contributed by atoms with Crippen LogP contribution >= 0.6 is 0 Å². The highest BCUT2D eigenvalue weighted by atomic mass is 14.1. The van der Waals surface area contributed by atoms with Crippen LogP contribution in [0, 0.1) is 0 Å². The van der Waals surface area contributed by atoms with Crippen LogP contribution in [-0.4, -0.2) is 0 Å². The summed E-state index contributed by atoms with van der Waals surface area (Å²) in [5.41, 5.74) is 3.16. The molecule has 1 aliphatic carbocycles. The fourth-order valence-corrected chi connectivity index (χ4v) is 1.68. The second-order valence-electron chi connectivity index (χ2n) is 4.39. The van der Waals surface area contributed by atoms with Gasteiger partial charge in [0.2, 0.25) is 0 Å². The summed E-state index contributed by atoms with van der Waals surface area (Å²) in [7, 11) is 0.